The highest BCUT2D eigenvalue weighted by atomic mass is 35.5. The Bertz CT molecular complexity index is 719. The lowest BCUT2D eigenvalue weighted by Crippen LogP contribution is -2.70. The van der Waals surface area contributed by atoms with Gasteiger partial charge in [0, 0.05) is 6.42 Å². The van der Waals surface area contributed by atoms with Gasteiger partial charge in [-0.05, 0) is 64.6 Å². The Kier molecular flexibility index (Phi) is 9.14. The monoisotopic (exact) mass is 473 g/mol. The lowest BCUT2D eigenvalue weighted by Gasteiger charge is -2.41. The van der Waals surface area contributed by atoms with Gasteiger partial charge in [-0.1, -0.05) is 0 Å². The van der Waals surface area contributed by atoms with E-state index < -0.39 is 66.0 Å². The molecule has 3 aliphatic rings. The van der Waals surface area contributed by atoms with Gasteiger partial charge in [0.15, 0.2) is 5.78 Å². The van der Waals surface area contributed by atoms with E-state index in [0.29, 0.717) is 63.1 Å². The first-order valence-corrected chi connectivity index (χ1v) is 10.9. The summed E-state index contributed by atoms with van der Waals surface area (Å²) in [5, 5.41) is 19.3. The maximum absolute atomic E-state index is 13.6. The third-order valence-corrected chi connectivity index (χ3v) is 6.41. The van der Waals surface area contributed by atoms with Gasteiger partial charge < -0.3 is 26.8 Å². The van der Waals surface area contributed by atoms with Crippen molar-refractivity contribution in [2.45, 2.75) is 75.0 Å². The van der Waals surface area contributed by atoms with E-state index in [1.54, 1.807) is 0 Å². The minimum atomic E-state index is -2.50. The first kappa shape index (κ1) is 26.2. The van der Waals surface area contributed by atoms with Crippen molar-refractivity contribution in [1.29, 1.82) is 0 Å². The van der Waals surface area contributed by atoms with Crippen LogP contribution in [-0.2, 0) is 24.0 Å². The van der Waals surface area contributed by atoms with Gasteiger partial charge in [0.25, 0.3) is 0 Å². The molecular formula is C20H32ClN5O6. The maximum atomic E-state index is 13.6. The second kappa shape index (κ2) is 11.2. The molecule has 0 aliphatic carbocycles. The van der Waals surface area contributed by atoms with E-state index in [4.69, 9.17) is 5.73 Å². The Hall–Kier alpha value is -2.08. The number of hydrogen-bond acceptors (Lipinski definition) is 8. The van der Waals surface area contributed by atoms with Crippen molar-refractivity contribution in [2.75, 3.05) is 19.6 Å². The van der Waals surface area contributed by atoms with Gasteiger partial charge in [0.1, 0.15) is 0 Å². The number of carboxylic acids is 1. The Labute approximate surface area is 192 Å². The van der Waals surface area contributed by atoms with E-state index in [-0.39, 0.29) is 12.4 Å². The van der Waals surface area contributed by atoms with Crippen LogP contribution in [-0.4, -0.2) is 82.8 Å². The molecule has 4 atom stereocenters. The molecule has 3 heterocycles. The van der Waals surface area contributed by atoms with Gasteiger partial charge in [0.2, 0.25) is 23.3 Å². The predicted octanol–water partition coefficient (Wildman–Crippen LogP) is -1.32. The molecule has 0 aromatic heterocycles. The summed E-state index contributed by atoms with van der Waals surface area (Å²) >= 11 is 0. The van der Waals surface area contributed by atoms with Crippen LogP contribution < -0.4 is 21.7 Å². The number of hydrogen-bond donors (Lipinski definition) is 5. The van der Waals surface area contributed by atoms with Crippen molar-refractivity contribution < 1.29 is 29.1 Å². The molecule has 0 saturated carbocycles. The normalized spacial score (nSPS) is 26.7. The summed E-state index contributed by atoms with van der Waals surface area (Å²) < 4.78 is 0. The highest BCUT2D eigenvalue weighted by Gasteiger charge is 2.59. The molecule has 11 nitrogen and oxygen atoms in total. The highest BCUT2D eigenvalue weighted by molar-refractivity contribution is 6.18. The lowest BCUT2D eigenvalue weighted by molar-refractivity contribution is -0.173. The number of nitrogens with two attached hydrogens (primary N) is 1. The number of carboxylic acid groups (broad SMARTS) is 1. The fraction of sp³-hybridized carbons (Fsp3) is 0.750. The fourth-order valence-electron chi connectivity index (χ4n) is 4.74. The van der Waals surface area contributed by atoms with Crippen LogP contribution in [0, 0.1) is 0 Å². The summed E-state index contributed by atoms with van der Waals surface area (Å²) in [7, 11) is 0. The molecule has 0 bridgehead atoms. The van der Waals surface area contributed by atoms with Crippen molar-refractivity contribution in [2.24, 2.45) is 5.73 Å². The minimum Gasteiger partial charge on any atom is -0.479 e. The minimum absolute atomic E-state index is 0. The summed E-state index contributed by atoms with van der Waals surface area (Å²) in [6.45, 7) is 1.64. The van der Waals surface area contributed by atoms with Gasteiger partial charge in [0.05, 0.1) is 18.1 Å². The largest absolute Gasteiger partial charge is 0.479 e. The van der Waals surface area contributed by atoms with E-state index in [9.17, 15) is 29.1 Å². The molecular weight excluding hydrogens is 442 g/mol. The molecule has 0 radical (unpaired) electrons. The average Bonchev–Trinajstić information content (AvgIpc) is 3.52. The van der Waals surface area contributed by atoms with Crippen LogP contribution in [0.15, 0.2) is 0 Å². The maximum Gasteiger partial charge on any atom is 0.338 e. The van der Waals surface area contributed by atoms with Crippen LogP contribution in [0.4, 0.5) is 0 Å². The zero-order valence-corrected chi connectivity index (χ0v) is 18.7. The number of halogens is 1. The number of rotatable bonds is 9. The first-order chi connectivity index (χ1) is 14.8. The first-order valence-electron chi connectivity index (χ1n) is 10.9. The van der Waals surface area contributed by atoms with Crippen LogP contribution >= 0.6 is 12.4 Å². The Morgan fingerprint density at radius 1 is 0.844 bits per heavy atom. The lowest BCUT2D eigenvalue weighted by atomic mass is 9.81. The summed E-state index contributed by atoms with van der Waals surface area (Å²) in [5.74, 6) is -4.69. The van der Waals surface area contributed by atoms with E-state index in [1.807, 2.05) is 0 Å². The topological polar surface area (TPSA) is 171 Å². The van der Waals surface area contributed by atoms with E-state index in [2.05, 4.69) is 16.0 Å². The number of amides is 3. The van der Waals surface area contributed by atoms with Crippen LogP contribution in [0.3, 0.4) is 0 Å². The van der Waals surface area contributed by atoms with Gasteiger partial charge >= 0.3 is 5.97 Å². The standard InChI is InChI=1S/C20H31N5O6.ClH/c21-15(26)7-8-20(19(30)31,16(27)12-4-1-9-22-12)25(17(28)13-5-2-10-23-13)18(29)14-6-3-11-24-14;/h12-14,22-24H,1-11H2,(H2,21,26)(H,30,31);1H. The third kappa shape index (κ3) is 5.11. The van der Waals surface area contributed by atoms with Crippen LogP contribution in [0.5, 0.6) is 0 Å². The number of Topliss-reactive ketones (excluding diaryl/α,β-unsaturated/α-hetero) is 1. The molecule has 0 aromatic carbocycles. The number of imide groups is 1. The smallest absolute Gasteiger partial charge is 0.338 e. The molecule has 180 valence electrons. The molecule has 3 saturated heterocycles. The van der Waals surface area contributed by atoms with E-state index >= 15 is 0 Å². The van der Waals surface area contributed by atoms with Crippen molar-refractivity contribution in [3.63, 3.8) is 0 Å². The molecule has 0 spiro atoms. The average molecular weight is 474 g/mol. The Morgan fingerprint density at radius 3 is 1.62 bits per heavy atom. The summed E-state index contributed by atoms with van der Waals surface area (Å²) in [6, 6.07) is -2.34. The zero-order chi connectivity index (χ0) is 22.6. The van der Waals surface area contributed by atoms with E-state index in [0.717, 1.165) is 0 Å². The predicted molar refractivity (Wildman–Crippen MR) is 116 cm³/mol. The van der Waals surface area contributed by atoms with Crippen LogP contribution in [0.25, 0.3) is 0 Å². The zero-order valence-electron chi connectivity index (χ0n) is 17.9. The number of nitrogens with one attached hydrogen (secondary N) is 3. The van der Waals surface area contributed by atoms with Gasteiger partial charge in [-0.2, -0.15) is 0 Å². The second-order valence-electron chi connectivity index (χ2n) is 8.45. The molecule has 32 heavy (non-hydrogen) atoms. The van der Waals surface area contributed by atoms with E-state index in [1.165, 1.54) is 0 Å². The summed E-state index contributed by atoms with van der Waals surface area (Å²) in [5.41, 5.74) is 2.78. The molecule has 12 heteroatoms. The van der Waals surface area contributed by atoms with Crippen molar-refractivity contribution in [3.05, 3.63) is 0 Å². The van der Waals surface area contributed by atoms with Gasteiger partial charge in [-0.15, -0.1) is 12.4 Å². The number of primary amides is 1. The number of carbonyl (C=O) groups is 5. The summed E-state index contributed by atoms with van der Waals surface area (Å²) in [6.07, 6.45) is 2.31. The Balaban J connectivity index is 0.00000363. The molecule has 6 N–H and O–H groups in total. The number of aliphatic carboxylic acids is 1. The molecule has 3 fully saturated rings. The number of ketones is 1. The SMILES string of the molecule is Cl.NC(=O)CCC(C(=O)O)(C(=O)C1CCCN1)N(C(=O)C1CCCN1)C(=O)C1CCCN1. The van der Waals surface area contributed by atoms with Gasteiger partial charge in [-0.3, -0.25) is 24.1 Å². The van der Waals surface area contributed by atoms with Crippen LogP contribution in [0.1, 0.15) is 51.4 Å². The molecule has 0 aromatic rings. The van der Waals surface area contributed by atoms with Crippen molar-refractivity contribution in [1.82, 2.24) is 20.9 Å². The Morgan fingerprint density at radius 2 is 1.28 bits per heavy atom. The molecule has 4 unspecified atom stereocenters. The van der Waals surface area contributed by atoms with Crippen LogP contribution in [0.2, 0.25) is 0 Å². The fourth-order valence-corrected chi connectivity index (χ4v) is 4.74. The molecule has 3 rings (SSSR count). The number of carbonyl (C=O) groups excluding carboxylic acids is 4. The van der Waals surface area contributed by atoms with Gasteiger partial charge in [-0.25, -0.2) is 4.79 Å². The molecule has 3 amide bonds. The summed E-state index contributed by atoms with van der Waals surface area (Å²) in [4.78, 5) is 65.6. The highest BCUT2D eigenvalue weighted by Crippen LogP contribution is 2.31. The third-order valence-electron chi connectivity index (χ3n) is 6.41. The van der Waals surface area contributed by atoms with Crippen molar-refractivity contribution in [3.8, 4) is 0 Å². The van der Waals surface area contributed by atoms with Crippen molar-refractivity contribution >= 4 is 41.9 Å². The quantitative estimate of drug-likeness (QED) is 0.201. The number of nitrogens with zero attached hydrogens (tertiary/aromatic N) is 1. The molecule has 3 aliphatic heterocycles. The second-order valence-corrected chi connectivity index (χ2v) is 8.45.